The van der Waals surface area contributed by atoms with Crippen LogP contribution in [0.1, 0.15) is 5.56 Å². The standard InChI is InChI=1S/C17H12INO2S2/c1-21-13-8-6-12(7-9-13)19-16(20)15(23-17(19)22)10-11-4-2-3-5-14(11)18/h2-10H,1H3/b15-10-. The van der Waals surface area contributed by atoms with Crippen LogP contribution in [0.2, 0.25) is 0 Å². The van der Waals surface area contributed by atoms with Crippen molar-refractivity contribution in [2.75, 3.05) is 12.0 Å². The van der Waals surface area contributed by atoms with Gasteiger partial charge in [0.05, 0.1) is 17.7 Å². The highest BCUT2D eigenvalue weighted by molar-refractivity contribution is 14.1. The smallest absolute Gasteiger partial charge is 0.270 e. The predicted octanol–water partition coefficient (Wildman–Crippen LogP) is 4.71. The Morgan fingerprint density at radius 2 is 1.87 bits per heavy atom. The molecule has 1 aliphatic heterocycles. The summed E-state index contributed by atoms with van der Waals surface area (Å²) in [6, 6.07) is 15.2. The lowest BCUT2D eigenvalue weighted by Gasteiger charge is -2.14. The van der Waals surface area contributed by atoms with Gasteiger partial charge in [-0.25, -0.2) is 0 Å². The van der Waals surface area contributed by atoms with Crippen molar-refractivity contribution in [2.24, 2.45) is 0 Å². The molecule has 2 aromatic carbocycles. The molecule has 6 heteroatoms. The van der Waals surface area contributed by atoms with Crippen molar-refractivity contribution in [2.45, 2.75) is 0 Å². The summed E-state index contributed by atoms with van der Waals surface area (Å²) < 4.78 is 6.78. The number of thiocarbonyl (C=S) groups is 1. The lowest BCUT2D eigenvalue weighted by molar-refractivity contribution is -0.113. The monoisotopic (exact) mass is 453 g/mol. The highest BCUT2D eigenvalue weighted by Crippen LogP contribution is 2.36. The van der Waals surface area contributed by atoms with E-state index < -0.39 is 0 Å². The maximum Gasteiger partial charge on any atom is 0.270 e. The molecule has 0 aromatic heterocycles. The number of rotatable bonds is 3. The van der Waals surface area contributed by atoms with E-state index in [1.54, 1.807) is 12.0 Å². The molecule has 2 aromatic rings. The first kappa shape index (κ1) is 16.5. The van der Waals surface area contributed by atoms with E-state index in [9.17, 15) is 4.79 Å². The summed E-state index contributed by atoms with van der Waals surface area (Å²) in [6.45, 7) is 0. The highest BCUT2D eigenvalue weighted by atomic mass is 127. The third kappa shape index (κ3) is 3.44. The number of anilines is 1. The Kier molecular flexibility index (Phi) is 5.03. The normalized spacial score (nSPS) is 16.3. The molecular weight excluding hydrogens is 441 g/mol. The third-order valence-electron chi connectivity index (χ3n) is 3.32. The van der Waals surface area contributed by atoms with Crippen LogP contribution in [-0.4, -0.2) is 17.3 Å². The molecule has 0 unspecified atom stereocenters. The van der Waals surface area contributed by atoms with Crippen LogP contribution >= 0.6 is 46.6 Å². The Labute approximate surface area is 157 Å². The Bertz CT molecular complexity index is 802. The maximum atomic E-state index is 12.7. The van der Waals surface area contributed by atoms with Crippen molar-refractivity contribution in [3.63, 3.8) is 0 Å². The van der Waals surface area contributed by atoms with E-state index in [0.29, 0.717) is 9.23 Å². The second kappa shape index (κ2) is 7.02. The van der Waals surface area contributed by atoms with E-state index in [4.69, 9.17) is 17.0 Å². The topological polar surface area (TPSA) is 29.5 Å². The number of halogens is 1. The van der Waals surface area contributed by atoms with Crippen molar-refractivity contribution < 1.29 is 9.53 Å². The van der Waals surface area contributed by atoms with Gasteiger partial charge in [0.25, 0.3) is 5.91 Å². The predicted molar refractivity (Wildman–Crippen MR) is 108 cm³/mol. The molecule has 1 amide bonds. The number of carbonyl (C=O) groups is 1. The van der Waals surface area contributed by atoms with Crippen LogP contribution in [0.15, 0.2) is 53.4 Å². The van der Waals surface area contributed by atoms with Crippen molar-refractivity contribution in [1.29, 1.82) is 0 Å². The van der Waals surface area contributed by atoms with E-state index in [2.05, 4.69) is 22.6 Å². The quantitative estimate of drug-likeness (QED) is 0.383. The molecule has 0 bridgehead atoms. The van der Waals surface area contributed by atoms with Crippen LogP contribution in [0.4, 0.5) is 5.69 Å². The lowest BCUT2D eigenvalue weighted by atomic mass is 10.2. The van der Waals surface area contributed by atoms with Gasteiger partial charge >= 0.3 is 0 Å². The summed E-state index contributed by atoms with van der Waals surface area (Å²) >= 11 is 8.96. The van der Waals surface area contributed by atoms with E-state index >= 15 is 0 Å². The number of carbonyl (C=O) groups excluding carboxylic acids is 1. The number of nitrogens with zero attached hydrogens (tertiary/aromatic N) is 1. The summed E-state index contributed by atoms with van der Waals surface area (Å²) in [7, 11) is 1.61. The fourth-order valence-electron chi connectivity index (χ4n) is 2.16. The van der Waals surface area contributed by atoms with E-state index in [1.807, 2.05) is 54.6 Å². The Morgan fingerprint density at radius 3 is 2.52 bits per heavy atom. The van der Waals surface area contributed by atoms with Crippen LogP contribution in [0, 0.1) is 3.57 Å². The van der Waals surface area contributed by atoms with Crippen LogP contribution in [0.3, 0.4) is 0 Å². The zero-order valence-electron chi connectivity index (χ0n) is 12.2. The minimum atomic E-state index is -0.0928. The zero-order valence-corrected chi connectivity index (χ0v) is 15.9. The van der Waals surface area contributed by atoms with Crippen LogP contribution in [0.5, 0.6) is 5.75 Å². The summed E-state index contributed by atoms with van der Waals surface area (Å²) in [5, 5.41) is 0. The highest BCUT2D eigenvalue weighted by Gasteiger charge is 2.33. The van der Waals surface area contributed by atoms with E-state index in [-0.39, 0.29) is 5.91 Å². The Hall–Kier alpha value is -1.38. The van der Waals surface area contributed by atoms with Gasteiger partial charge in [0.2, 0.25) is 0 Å². The van der Waals surface area contributed by atoms with E-state index in [0.717, 1.165) is 20.6 Å². The second-order valence-corrected chi connectivity index (χ2v) is 7.57. The second-order valence-electron chi connectivity index (χ2n) is 4.74. The molecular formula is C17H12INO2S2. The van der Waals surface area contributed by atoms with Crippen LogP contribution in [0.25, 0.3) is 6.08 Å². The van der Waals surface area contributed by atoms with Crippen molar-refractivity contribution in [3.8, 4) is 5.75 Å². The van der Waals surface area contributed by atoms with Gasteiger partial charge in [-0.1, -0.05) is 42.2 Å². The number of amides is 1. The number of ether oxygens (including phenoxy) is 1. The molecule has 0 N–H and O–H groups in total. The van der Waals surface area contributed by atoms with Crippen molar-refractivity contribution in [1.82, 2.24) is 0 Å². The summed E-state index contributed by atoms with van der Waals surface area (Å²) in [4.78, 5) is 14.9. The van der Waals surface area contributed by atoms with Crippen LogP contribution in [-0.2, 0) is 4.79 Å². The molecule has 116 valence electrons. The van der Waals surface area contributed by atoms with Gasteiger partial charge in [0.15, 0.2) is 4.32 Å². The van der Waals surface area contributed by atoms with Gasteiger partial charge in [0, 0.05) is 3.57 Å². The SMILES string of the molecule is COc1ccc(N2C(=O)/C(=C/c3ccccc3I)SC2=S)cc1. The molecule has 0 radical (unpaired) electrons. The van der Waals surface area contributed by atoms with Gasteiger partial charge in [-0.05, 0) is 64.6 Å². The van der Waals surface area contributed by atoms with Crippen LogP contribution < -0.4 is 9.64 Å². The van der Waals surface area contributed by atoms with Gasteiger partial charge in [0.1, 0.15) is 5.75 Å². The van der Waals surface area contributed by atoms with Gasteiger partial charge in [-0.15, -0.1) is 0 Å². The molecule has 3 nitrogen and oxygen atoms in total. The number of hydrogen-bond acceptors (Lipinski definition) is 4. The number of hydrogen-bond donors (Lipinski definition) is 0. The molecule has 0 spiro atoms. The molecule has 1 saturated heterocycles. The average molecular weight is 453 g/mol. The lowest BCUT2D eigenvalue weighted by Crippen LogP contribution is -2.27. The number of thioether (sulfide) groups is 1. The number of benzene rings is 2. The fraction of sp³-hybridized carbons (Fsp3) is 0.0588. The van der Waals surface area contributed by atoms with Crippen molar-refractivity contribution in [3.05, 3.63) is 62.6 Å². The average Bonchev–Trinajstić information content (AvgIpc) is 2.84. The van der Waals surface area contributed by atoms with E-state index in [1.165, 1.54) is 11.8 Å². The molecule has 23 heavy (non-hydrogen) atoms. The number of methoxy groups -OCH3 is 1. The Balaban J connectivity index is 1.92. The largest absolute Gasteiger partial charge is 0.497 e. The molecule has 1 fully saturated rings. The molecule has 3 rings (SSSR count). The van der Waals surface area contributed by atoms with Gasteiger partial charge in [-0.2, -0.15) is 0 Å². The fourth-order valence-corrected chi connectivity index (χ4v) is 3.99. The van der Waals surface area contributed by atoms with Crippen molar-refractivity contribution >= 4 is 68.6 Å². The Morgan fingerprint density at radius 1 is 1.17 bits per heavy atom. The van der Waals surface area contributed by atoms with Gasteiger partial charge in [-0.3, -0.25) is 9.69 Å². The molecule has 0 saturated carbocycles. The first-order valence-corrected chi connectivity index (χ1v) is 9.07. The molecule has 1 heterocycles. The molecule has 0 atom stereocenters. The zero-order chi connectivity index (χ0) is 16.4. The first-order chi connectivity index (χ1) is 11.1. The minimum absolute atomic E-state index is 0.0928. The first-order valence-electron chi connectivity index (χ1n) is 6.76. The summed E-state index contributed by atoms with van der Waals surface area (Å²) in [6.07, 6.45) is 1.89. The summed E-state index contributed by atoms with van der Waals surface area (Å²) in [5.74, 6) is 0.651. The molecule has 0 aliphatic carbocycles. The minimum Gasteiger partial charge on any atom is -0.497 e. The van der Waals surface area contributed by atoms with Gasteiger partial charge < -0.3 is 4.74 Å². The maximum absolute atomic E-state index is 12.7. The third-order valence-corrected chi connectivity index (χ3v) is 5.60. The summed E-state index contributed by atoms with van der Waals surface area (Å²) in [5.41, 5.74) is 1.77. The molecule has 1 aliphatic rings.